The van der Waals surface area contributed by atoms with Crippen molar-refractivity contribution < 1.29 is 9.90 Å². The van der Waals surface area contributed by atoms with Gasteiger partial charge < -0.3 is 10.4 Å². The van der Waals surface area contributed by atoms with E-state index in [9.17, 15) is 4.79 Å². The summed E-state index contributed by atoms with van der Waals surface area (Å²) in [6, 6.07) is 0. The van der Waals surface area contributed by atoms with Crippen molar-refractivity contribution in [1.82, 2.24) is 10.2 Å². The number of rotatable bonds is 4. The number of nitrogens with zero attached hydrogens (tertiary/aromatic N) is 2. The van der Waals surface area contributed by atoms with E-state index < -0.39 is 5.97 Å². The Morgan fingerprint density at radius 3 is 2.60 bits per heavy atom. The van der Waals surface area contributed by atoms with E-state index >= 15 is 0 Å². The molecule has 0 aliphatic rings. The van der Waals surface area contributed by atoms with E-state index in [2.05, 4.69) is 36.3 Å². The van der Waals surface area contributed by atoms with Gasteiger partial charge in [0.25, 0.3) is 0 Å². The van der Waals surface area contributed by atoms with Crippen molar-refractivity contribution in [3.63, 3.8) is 0 Å². The highest BCUT2D eigenvalue weighted by molar-refractivity contribution is 7.15. The van der Waals surface area contributed by atoms with Crippen LogP contribution in [-0.2, 0) is 10.2 Å². The van der Waals surface area contributed by atoms with Gasteiger partial charge in [0.1, 0.15) is 5.01 Å². The molecule has 1 heterocycles. The number of hydrogen-bond donors (Lipinski definition) is 2. The highest BCUT2D eigenvalue weighted by atomic mass is 32.1. The fraction of sp³-hybridized carbons (Fsp3) is 0.667. The number of anilines is 1. The molecule has 0 unspecified atom stereocenters. The lowest BCUT2D eigenvalue weighted by molar-refractivity contribution is -0.136. The molecule has 0 atom stereocenters. The zero-order valence-corrected chi connectivity index (χ0v) is 9.89. The molecule has 0 aliphatic carbocycles. The molecule has 0 radical (unpaired) electrons. The number of aliphatic carboxylic acids is 1. The fourth-order valence-electron chi connectivity index (χ4n) is 0.874. The molecule has 0 aromatic carbocycles. The Hall–Kier alpha value is -1.17. The second-order valence-electron chi connectivity index (χ2n) is 4.23. The molecule has 0 saturated heterocycles. The molecule has 15 heavy (non-hydrogen) atoms. The van der Waals surface area contributed by atoms with E-state index in [1.807, 2.05) is 0 Å². The van der Waals surface area contributed by atoms with Gasteiger partial charge >= 0.3 is 5.97 Å². The minimum Gasteiger partial charge on any atom is -0.481 e. The summed E-state index contributed by atoms with van der Waals surface area (Å²) in [5.41, 5.74) is -0.00953. The van der Waals surface area contributed by atoms with Crippen LogP contribution in [0.3, 0.4) is 0 Å². The number of carbonyl (C=O) groups is 1. The van der Waals surface area contributed by atoms with E-state index in [0.29, 0.717) is 11.7 Å². The Bertz CT molecular complexity index is 343. The molecule has 84 valence electrons. The zero-order chi connectivity index (χ0) is 11.5. The Labute approximate surface area is 92.5 Å². The summed E-state index contributed by atoms with van der Waals surface area (Å²) in [6.45, 7) is 6.58. The molecule has 1 aromatic heterocycles. The maximum absolute atomic E-state index is 10.3. The molecule has 0 bridgehead atoms. The highest BCUT2D eigenvalue weighted by Gasteiger charge is 2.19. The Kier molecular flexibility index (Phi) is 3.62. The number of hydrogen-bond acceptors (Lipinski definition) is 5. The molecule has 0 amide bonds. The molecule has 0 saturated carbocycles. The van der Waals surface area contributed by atoms with Crippen LogP contribution < -0.4 is 5.32 Å². The summed E-state index contributed by atoms with van der Waals surface area (Å²) < 4.78 is 0. The van der Waals surface area contributed by atoms with E-state index in [1.54, 1.807) is 0 Å². The first-order chi connectivity index (χ1) is 6.89. The summed E-state index contributed by atoms with van der Waals surface area (Å²) in [7, 11) is 0. The molecule has 6 heteroatoms. The Balaban J connectivity index is 2.50. The van der Waals surface area contributed by atoms with Crippen molar-refractivity contribution in [2.45, 2.75) is 32.6 Å². The van der Waals surface area contributed by atoms with Crippen molar-refractivity contribution >= 4 is 22.4 Å². The van der Waals surface area contributed by atoms with Gasteiger partial charge in [-0.05, 0) is 0 Å². The lowest BCUT2D eigenvalue weighted by Crippen LogP contribution is -2.10. The molecule has 0 spiro atoms. The summed E-state index contributed by atoms with van der Waals surface area (Å²) in [5.74, 6) is -0.817. The Morgan fingerprint density at radius 1 is 1.47 bits per heavy atom. The second-order valence-corrected chi connectivity index (χ2v) is 5.21. The van der Waals surface area contributed by atoms with Gasteiger partial charge in [-0.25, -0.2) is 0 Å². The number of nitrogens with one attached hydrogen (secondary N) is 1. The second kappa shape index (κ2) is 4.57. The van der Waals surface area contributed by atoms with Gasteiger partial charge in [-0.15, -0.1) is 10.2 Å². The average Bonchev–Trinajstić information content (AvgIpc) is 2.51. The molecule has 5 nitrogen and oxygen atoms in total. The highest BCUT2D eigenvalue weighted by Crippen LogP contribution is 2.27. The lowest BCUT2D eigenvalue weighted by Gasteiger charge is -2.12. The monoisotopic (exact) mass is 229 g/mol. The predicted octanol–water partition coefficient (Wildman–Crippen LogP) is 1.72. The van der Waals surface area contributed by atoms with Gasteiger partial charge in [0.2, 0.25) is 5.13 Å². The van der Waals surface area contributed by atoms with E-state index in [4.69, 9.17) is 5.11 Å². The van der Waals surface area contributed by atoms with Crippen LogP contribution in [0.25, 0.3) is 0 Å². The number of carboxylic acids is 1. The molecular formula is C9H15N3O2S. The van der Waals surface area contributed by atoms with Crippen molar-refractivity contribution in [1.29, 1.82) is 0 Å². The van der Waals surface area contributed by atoms with Gasteiger partial charge in [0.15, 0.2) is 0 Å². The third kappa shape index (κ3) is 3.83. The van der Waals surface area contributed by atoms with Gasteiger partial charge in [0, 0.05) is 12.0 Å². The first-order valence-electron chi connectivity index (χ1n) is 4.69. The normalized spacial score (nSPS) is 11.4. The van der Waals surface area contributed by atoms with Crippen LogP contribution in [-0.4, -0.2) is 27.8 Å². The van der Waals surface area contributed by atoms with Crippen molar-refractivity contribution in [3.8, 4) is 0 Å². The Morgan fingerprint density at radius 2 is 2.13 bits per heavy atom. The van der Waals surface area contributed by atoms with E-state index in [1.165, 1.54) is 11.3 Å². The van der Waals surface area contributed by atoms with Crippen LogP contribution in [0.4, 0.5) is 5.13 Å². The number of aromatic nitrogens is 2. The lowest BCUT2D eigenvalue weighted by atomic mass is 9.98. The molecule has 1 aromatic rings. The van der Waals surface area contributed by atoms with Crippen LogP contribution in [0.15, 0.2) is 0 Å². The minimum atomic E-state index is -0.817. The maximum atomic E-state index is 10.3. The summed E-state index contributed by atoms with van der Waals surface area (Å²) in [4.78, 5) is 10.3. The van der Waals surface area contributed by atoms with Crippen molar-refractivity contribution in [3.05, 3.63) is 5.01 Å². The first-order valence-corrected chi connectivity index (χ1v) is 5.51. The topological polar surface area (TPSA) is 75.1 Å². The predicted molar refractivity (Wildman–Crippen MR) is 59.4 cm³/mol. The smallest absolute Gasteiger partial charge is 0.305 e. The minimum absolute atomic E-state index is 0.00953. The van der Waals surface area contributed by atoms with Crippen LogP contribution in [0.5, 0.6) is 0 Å². The summed E-state index contributed by atoms with van der Waals surface area (Å²) in [5, 5.41) is 21.0. The van der Waals surface area contributed by atoms with E-state index in [0.717, 1.165) is 5.01 Å². The largest absolute Gasteiger partial charge is 0.481 e. The van der Waals surface area contributed by atoms with Crippen LogP contribution in [0.2, 0.25) is 0 Å². The van der Waals surface area contributed by atoms with E-state index in [-0.39, 0.29) is 11.8 Å². The quantitative estimate of drug-likeness (QED) is 0.822. The molecule has 0 fully saturated rings. The molecule has 2 N–H and O–H groups in total. The first kappa shape index (κ1) is 11.9. The SMILES string of the molecule is CC(C)(C)c1nnc(NCCC(=O)O)s1. The third-order valence-corrected chi connectivity index (χ3v) is 2.99. The van der Waals surface area contributed by atoms with Crippen LogP contribution in [0, 0.1) is 0 Å². The standard InChI is InChI=1S/C9H15N3O2S/c1-9(2,3)7-11-12-8(15-7)10-5-4-6(13)14/h4-5H2,1-3H3,(H,10,12)(H,13,14). The van der Waals surface area contributed by atoms with Crippen LogP contribution in [0.1, 0.15) is 32.2 Å². The molecular weight excluding hydrogens is 214 g/mol. The molecule has 1 rings (SSSR count). The average molecular weight is 229 g/mol. The number of carboxylic acid groups (broad SMARTS) is 1. The van der Waals surface area contributed by atoms with Gasteiger partial charge in [0.05, 0.1) is 6.42 Å². The van der Waals surface area contributed by atoms with Crippen molar-refractivity contribution in [2.75, 3.05) is 11.9 Å². The summed E-state index contributed by atoms with van der Waals surface area (Å²) >= 11 is 1.47. The molecule has 0 aliphatic heterocycles. The van der Waals surface area contributed by atoms with Crippen LogP contribution >= 0.6 is 11.3 Å². The fourth-order valence-corrected chi connectivity index (χ4v) is 1.70. The third-order valence-electron chi connectivity index (χ3n) is 1.68. The van der Waals surface area contributed by atoms with Crippen molar-refractivity contribution in [2.24, 2.45) is 0 Å². The zero-order valence-electron chi connectivity index (χ0n) is 9.07. The maximum Gasteiger partial charge on any atom is 0.305 e. The van der Waals surface area contributed by atoms with Gasteiger partial charge in [-0.3, -0.25) is 4.79 Å². The summed E-state index contributed by atoms with van der Waals surface area (Å²) in [6.07, 6.45) is 0.0877. The van der Waals surface area contributed by atoms with Gasteiger partial charge in [-0.2, -0.15) is 0 Å². The van der Waals surface area contributed by atoms with Gasteiger partial charge in [-0.1, -0.05) is 32.1 Å².